The minimum Gasteiger partial charge on any atom is -1.00 e. The van der Waals surface area contributed by atoms with E-state index in [9.17, 15) is 9.59 Å². The second kappa shape index (κ2) is 29.2. The molecule has 0 atom stereocenters. The van der Waals surface area contributed by atoms with Crippen LogP contribution < -0.4 is 32.0 Å². The Morgan fingerprint density at radius 3 is 1.58 bits per heavy atom. The van der Waals surface area contributed by atoms with E-state index in [0.717, 1.165) is 157 Å². The molecule has 0 unspecified atom stereocenters. The Morgan fingerprint density at radius 1 is 0.552 bits per heavy atom. The molecule has 5 aliphatic rings. The van der Waals surface area contributed by atoms with Crippen molar-refractivity contribution < 1.29 is 40.6 Å². The standard InChI is InChI=1S/C81H71N6O6S2.ClH/c1-5-86(6-2)58-30-34-63-69(50-58)93-70-51-59(87(7-3)8-4)31-35-64(70)80(63)61-26-18-19-27-62(61)81(89)92-53-85-46-44-84(45-47-85)48-49-90-75(88)52-91-60-32-28-57(29-33-60)79-68-39-38-67(83-68)78(56-24-16-11-17-25-56)72-41-40-71(94-72)76(54-20-12-9-13-21-54)65-36-37-66(82-65)77(55-22-14-10-15-23-55)73-42-43-74(79)95-73;/h9-43,48-51H,5-8,44-47,52-53H2,1-4H3;1H/q+1;/p-1/b49-48+,76-65?,76-71?,77-66?,77-73?,78-67?,78-72?,79-68?,79-74?;. The maximum absolute atomic E-state index is 14.2. The summed E-state index contributed by atoms with van der Waals surface area (Å²) in [4.78, 5) is 44.8. The van der Waals surface area contributed by atoms with Gasteiger partial charge in [0.2, 0.25) is 5.36 Å². The van der Waals surface area contributed by atoms with Crippen molar-refractivity contribution in [3.8, 4) is 72.7 Å². The van der Waals surface area contributed by atoms with Crippen LogP contribution in [-0.4, -0.2) is 97.4 Å². The fourth-order valence-electron chi connectivity index (χ4n) is 12.9. The third kappa shape index (κ3) is 13.4. The molecule has 9 aromatic rings. The molecular formula is C81H71ClN6O6S2. The van der Waals surface area contributed by atoms with Gasteiger partial charge in [-0.15, -0.1) is 22.7 Å². The molecule has 3 aromatic heterocycles. The van der Waals surface area contributed by atoms with E-state index < -0.39 is 11.9 Å². The number of aromatic nitrogens is 2. The van der Waals surface area contributed by atoms with Crippen LogP contribution in [0.25, 0.3) is 121 Å². The predicted octanol–water partition coefficient (Wildman–Crippen LogP) is 14.8. The first-order chi connectivity index (χ1) is 46.7. The van der Waals surface area contributed by atoms with Gasteiger partial charge in [0.05, 0.1) is 34.4 Å². The number of rotatable bonds is 18. The summed E-state index contributed by atoms with van der Waals surface area (Å²) in [7, 11) is 0. The maximum atomic E-state index is 14.2. The average molecular weight is 1320 g/mol. The summed E-state index contributed by atoms with van der Waals surface area (Å²) < 4.78 is 31.1. The fraction of sp³-hybridized carbons (Fsp3) is 0.173. The van der Waals surface area contributed by atoms with E-state index in [2.05, 4.69) is 211 Å². The number of carbonyl (C=O) groups excluding carboxylic acids is 2. The molecule has 15 heteroatoms. The molecule has 480 valence electrons. The monoisotopic (exact) mass is 1320 g/mol. The highest BCUT2D eigenvalue weighted by Crippen LogP contribution is 2.45. The molecule has 0 N–H and O–H groups in total. The zero-order valence-corrected chi connectivity index (χ0v) is 56.3. The first-order valence-corrected chi connectivity index (χ1v) is 34.2. The van der Waals surface area contributed by atoms with Gasteiger partial charge in [-0.05, 0) is 140 Å². The summed E-state index contributed by atoms with van der Waals surface area (Å²) in [5, 5.41) is 2.00. The van der Waals surface area contributed by atoms with Gasteiger partial charge >= 0.3 is 11.9 Å². The van der Waals surface area contributed by atoms with Gasteiger partial charge in [0.25, 0.3) is 0 Å². The molecule has 1 saturated heterocycles. The van der Waals surface area contributed by atoms with Gasteiger partial charge in [0, 0.05) is 121 Å². The molecule has 14 rings (SSSR count). The number of ether oxygens (including phenoxy) is 3. The third-order valence-electron chi connectivity index (χ3n) is 17.8. The zero-order valence-electron chi connectivity index (χ0n) is 53.9. The smallest absolute Gasteiger partial charge is 0.349 e. The molecule has 1 fully saturated rings. The van der Waals surface area contributed by atoms with Crippen LogP contribution in [-0.2, 0) is 14.3 Å². The topological polar surface area (TPSA) is 113 Å². The molecule has 0 amide bonds. The minimum atomic E-state index is -0.531. The van der Waals surface area contributed by atoms with Gasteiger partial charge in [0.1, 0.15) is 43.2 Å². The molecular weight excluding hydrogens is 1250 g/mol. The van der Waals surface area contributed by atoms with Crippen molar-refractivity contribution >= 4 is 94.4 Å². The number of anilines is 1. The van der Waals surface area contributed by atoms with Crippen LogP contribution in [0.4, 0.5) is 5.69 Å². The molecule has 7 heterocycles. The summed E-state index contributed by atoms with van der Waals surface area (Å²) in [6.45, 7) is 14.5. The molecule has 4 aliphatic heterocycles. The molecule has 1 aliphatic carbocycles. The summed E-state index contributed by atoms with van der Waals surface area (Å²) in [6, 6.07) is 68.6. The van der Waals surface area contributed by atoms with Crippen LogP contribution in [0.1, 0.15) is 60.8 Å². The highest BCUT2D eigenvalue weighted by Gasteiger charge is 2.26. The largest absolute Gasteiger partial charge is 1.00 e. The summed E-state index contributed by atoms with van der Waals surface area (Å²) in [6.07, 6.45) is 11.7. The van der Waals surface area contributed by atoms with Crippen LogP contribution in [0, 0.1) is 0 Å². The van der Waals surface area contributed by atoms with Crippen LogP contribution in [0.5, 0.6) is 5.75 Å². The Balaban J connectivity index is 0.00000833. The Hall–Kier alpha value is -10.2. The van der Waals surface area contributed by atoms with Crippen LogP contribution >= 0.6 is 22.7 Å². The van der Waals surface area contributed by atoms with Crippen molar-refractivity contribution in [1.29, 1.82) is 0 Å². The van der Waals surface area contributed by atoms with E-state index in [1.165, 1.54) is 6.26 Å². The molecule has 0 spiro atoms. The second-order valence-electron chi connectivity index (χ2n) is 23.4. The number of carbonyl (C=O) groups is 2. The lowest BCUT2D eigenvalue weighted by Gasteiger charge is -2.33. The van der Waals surface area contributed by atoms with Crippen LogP contribution in [0.15, 0.2) is 217 Å². The SMILES string of the molecule is CCN(CC)c1ccc2c(-c3ccccc3C(=O)OCN3CCN(/C=C/OC(=O)COc4ccc(-c5c6nc(c(-c7ccccc7)c7ccc(s7)c(-c7ccccc7)c7nc(c(-c8ccccc8)c8ccc5s8)C=C7)C=C6)cc4)CC3)c3ccc(=[N+](CC)CC)cc-3oc2c1.[Cl-]. The second-order valence-corrected chi connectivity index (χ2v) is 25.6. The highest BCUT2D eigenvalue weighted by atomic mass is 35.5. The van der Waals surface area contributed by atoms with E-state index in [0.29, 0.717) is 37.5 Å². The van der Waals surface area contributed by atoms with Crippen molar-refractivity contribution in [3.05, 3.63) is 246 Å². The summed E-state index contributed by atoms with van der Waals surface area (Å²) >= 11 is 3.46. The Kier molecular flexibility index (Phi) is 19.6. The van der Waals surface area contributed by atoms with Crippen molar-refractivity contribution in [2.75, 3.05) is 70.6 Å². The zero-order chi connectivity index (χ0) is 64.8. The van der Waals surface area contributed by atoms with Crippen molar-refractivity contribution in [1.82, 2.24) is 24.3 Å². The average Bonchev–Trinajstić information content (AvgIpc) is 0.800. The van der Waals surface area contributed by atoms with Gasteiger partial charge in [-0.1, -0.05) is 121 Å². The lowest BCUT2D eigenvalue weighted by atomic mass is 9.90. The number of esters is 2. The number of fused-ring (bicyclic) bond motifs is 10. The summed E-state index contributed by atoms with van der Waals surface area (Å²) in [5.74, 6) is 0.346. The first-order valence-electron chi connectivity index (χ1n) is 32.5. The van der Waals surface area contributed by atoms with Crippen molar-refractivity contribution in [2.45, 2.75) is 27.7 Å². The maximum Gasteiger partial charge on any atom is 0.349 e. The number of thiophene rings is 2. The quantitative estimate of drug-likeness (QED) is 0.0354. The van der Waals surface area contributed by atoms with Gasteiger partial charge in [-0.3, -0.25) is 4.90 Å². The van der Waals surface area contributed by atoms with Crippen molar-refractivity contribution in [2.24, 2.45) is 0 Å². The number of nitrogens with zero attached hydrogens (tertiary/aromatic N) is 6. The predicted molar refractivity (Wildman–Crippen MR) is 390 cm³/mol. The van der Waals surface area contributed by atoms with E-state index in [-0.39, 0.29) is 25.7 Å². The molecule has 0 radical (unpaired) electrons. The molecule has 6 aromatic carbocycles. The lowest BCUT2D eigenvalue weighted by molar-refractivity contribution is -0.140. The highest BCUT2D eigenvalue weighted by molar-refractivity contribution is 7.24. The number of benzene rings is 7. The fourth-order valence-corrected chi connectivity index (χ4v) is 15.3. The van der Waals surface area contributed by atoms with E-state index in [1.54, 1.807) is 28.9 Å². The Bertz CT molecular complexity index is 4950. The van der Waals surface area contributed by atoms with E-state index in [4.69, 9.17) is 28.6 Å². The minimum absolute atomic E-state index is 0. The number of hydrogen-bond donors (Lipinski definition) is 0. The van der Waals surface area contributed by atoms with Crippen LogP contribution in [0.3, 0.4) is 0 Å². The first kappa shape index (κ1) is 64.5. The molecule has 8 bridgehead atoms. The van der Waals surface area contributed by atoms with Gasteiger partial charge in [0.15, 0.2) is 6.61 Å². The number of halogens is 1. The molecule has 0 saturated carbocycles. The molecule has 12 nitrogen and oxygen atoms in total. The van der Waals surface area contributed by atoms with Crippen LogP contribution in [0.2, 0.25) is 0 Å². The van der Waals surface area contributed by atoms with E-state index >= 15 is 0 Å². The Labute approximate surface area is 573 Å². The van der Waals surface area contributed by atoms with Gasteiger partial charge in [-0.25, -0.2) is 24.1 Å². The number of hydrogen-bond acceptors (Lipinski definition) is 13. The third-order valence-corrected chi connectivity index (χ3v) is 20.0. The Morgan fingerprint density at radius 2 is 1.06 bits per heavy atom. The van der Waals surface area contributed by atoms with Gasteiger partial charge < -0.3 is 40.8 Å². The summed E-state index contributed by atoms with van der Waals surface area (Å²) in [5.41, 5.74) is 16.8. The lowest BCUT2D eigenvalue weighted by Crippen LogP contribution is -3.00. The molecule has 96 heavy (non-hydrogen) atoms. The van der Waals surface area contributed by atoms with Crippen molar-refractivity contribution in [3.63, 3.8) is 0 Å². The normalized spacial score (nSPS) is 12.9. The number of piperazine rings is 1. The van der Waals surface area contributed by atoms with E-state index in [1.807, 2.05) is 60.7 Å². The van der Waals surface area contributed by atoms with Gasteiger partial charge in [-0.2, -0.15) is 0 Å².